The number of halogens is 2. The van der Waals surface area contributed by atoms with Crippen molar-refractivity contribution in [1.29, 1.82) is 0 Å². The summed E-state index contributed by atoms with van der Waals surface area (Å²) in [6.07, 6.45) is -0.0326. The Kier molecular flexibility index (Phi) is 4.89. The van der Waals surface area contributed by atoms with Crippen LogP contribution in [0, 0.1) is 5.82 Å². The number of nitrogens with one attached hydrogen (secondary N) is 1. The lowest BCUT2D eigenvalue weighted by Gasteiger charge is -2.10. The van der Waals surface area contributed by atoms with Crippen LogP contribution in [-0.2, 0) is 9.53 Å². The molecular formula is C11H13BrFNO2. The van der Waals surface area contributed by atoms with Crippen LogP contribution < -0.4 is 5.32 Å². The Morgan fingerprint density at radius 1 is 1.56 bits per heavy atom. The van der Waals surface area contributed by atoms with Crippen LogP contribution >= 0.6 is 15.9 Å². The molecule has 0 saturated carbocycles. The predicted molar refractivity (Wildman–Crippen MR) is 63.8 cm³/mol. The van der Waals surface area contributed by atoms with Gasteiger partial charge < -0.3 is 10.1 Å². The Bertz CT molecular complexity index is 362. The maximum absolute atomic E-state index is 13.3. The quantitative estimate of drug-likeness (QED) is 0.926. The van der Waals surface area contributed by atoms with Crippen molar-refractivity contribution in [1.82, 2.24) is 0 Å². The van der Waals surface area contributed by atoms with Crippen molar-refractivity contribution in [3.8, 4) is 0 Å². The zero-order chi connectivity index (χ0) is 12.1. The summed E-state index contributed by atoms with van der Waals surface area (Å²) in [5.41, 5.74) is 0.139. The largest absolute Gasteiger partial charge is 0.369 e. The summed E-state index contributed by atoms with van der Waals surface area (Å²) in [6, 6.07) is 4.49. The molecule has 0 saturated heterocycles. The van der Waals surface area contributed by atoms with Crippen molar-refractivity contribution in [2.24, 2.45) is 0 Å². The van der Waals surface area contributed by atoms with E-state index < -0.39 is 5.82 Å². The van der Waals surface area contributed by atoms with Crippen LogP contribution in [0.1, 0.15) is 13.8 Å². The highest BCUT2D eigenvalue weighted by Gasteiger charge is 2.10. The molecule has 0 radical (unpaired) electrons. The molecule has 1 rings (SSSR count). The van der Waals surface area contributed by atoms with Crippen molar-refractivity contribution in [3.05, 3.63) is 28.5 Å². The summed E-state index contributed by atoms with van der Waals surface area (Å²) < 4.78 is 18.9. The number of hydrogen-bond acceptors (Lipinski definition) is 2. The molecule has 0 bridgehead atoms. The zero-order valence-corrected chi connectivity index (χ0v) is 10.7. The van der Waals surface area contributed by atoms with Gasteiger partial charge >= 0.3 is 0 Å². The van der Waals surface area contributed by atoms with Crippen molar-refractivity contribution >= 4 is 27.5 Å². The van der Waals surface area contributed by atoms with Gasteiger partial charge in [-0.3, -0.25) is 4.79 Å². The fraction of sp³-hybridized carbons (Fsp3) is 0.364. The SMILES string of the molecule is CC(C)OCC(=O)Nc1c(F)cccc1Br. The average molecular weight is 290 g/mol. The highest BCUT2D eigenvalue weighted by Crippen LogP contribution is 2.24. The van der Waals surface area contributed by atoms with Gasteiger partial charge in [0.15, 0.2) is 0 Å². The molecule has 0 aliphatic heterocycles. The molecule has 0 spiro atoms. The molecule has 0 aliphatic carbocycles. The summed E-state index contributed by atoms with van der Waals surface area (Å²) in [7, 11) is 0. The Labute approximate surface area is 102 Å². The van der Waals surface area contributed by atoms with E-state index in [1.165, 1.54) is 6.07 Å². The molecular weight excluding hydrogens is 277 g/mol. The average Bonchev–Trinajstić information content (AvgIpc) is 2.21. The molecule has 5 heteroatoms. The van der Waals surface area contributed by atoms with E-state index in [1.54, 1.807) is 12.1 Å². The third-order valence-corrected chi connectivity index (χ3v) is 2.44. The zero-order valence-electron chi connectivity index (χ0n) is 9.09. The van der Waals surface area contributed by atoms with Crippen LogP contribution in [0.3, 0.4) is 0 Å². The number of carbonyl (C=O) groups is 1. The minimum Gasteiger partial charge on any atom is -0.369 e. The van der Waals surface area contributed by atoms with Gasteiger partial charge in [0.1, 0.15) is 12.4 Å². The van der Waals surface area contributed by atoms with E-state index in [0.29, 0.717) is 4.47 Å². The Morgan fingerprint density at radius 3 is 2.81 bits per heavy atom. The van der Waals surface area contributed by atoms with Gasteiger partial charge in [0, 0.05) is 4.47 Å². The molecule has 0 fully saturated rings. The monoisotopic (exact) mass is 289 g/mol. The summed E-state index contributed by atoms with van der Waals surface area (Å²) in [4.78, 5) is 11.4. The Hall–Kier alpha value is -0.940. The first kappa shape index (κ1) is 13.1. The van der Waals surface area contributed by atoms with E-state index >= 15 is 0 Å². The van der Waals surface area contributed by atoms with Crippen molar-refractivity contribution in [2.75, 3.05) is 11.9 Å². The summed E-state index contributed by atoms with van der Waals surface area (Å²) in [6.45, 7) is 3.57. The maximum atomic E-state index is 13.3. The van der Waals surface area contributed by atoms with E-state index in [9.17, 15) is 9.18 Å². The highest BCUT2D eigenvalue weighted by molar-refractivity contribution is 9.10. The number of para-hydroxylation sites is 1. The topological polar surface area (TPSA) is 38.3 Å². The number of amides is 1. The fourth-order valence-corrected chi connectivity index (χ4v) is 1.48. The number of rotatable bonds is 4. The molecule has 3 nitrogen and oxygen atoms in total. The standard InChI is InChI=1S/C11H13BrFNO2/c1-7(2)16-6-10(15)14-11-8(12)4-3-5-9(11)13/h3-5,7H,6H2,1-2H3,(H,14,15). The van der Waals surface area contributed by atoms with Crippen LogP contribution in [0.4, 0.5) is 10.1 Å². The van der Waals surface area contributed by atoms with Gasteiger partial charge in [-0.05, 0) is 41.9 Å². The number of benzene rings is 1. The van der Waals surface area contributed by atoms with Crippen LogP contribution in [0.25, 0.3) is 0 Å². The third-order valence-electron chi connectivity index (χ3n) is 1.77. The first-order valence-electron chi connectivity index (χ1n) is 4.86. The normalized spacial score (nSPS) is 10.6. The van der Waals surface area contributed by atoms with Gasteiger partial charge in [-0.15, -0.1) is 0 Å². The lowest BCUT2D eigenvalue weighted by Crippen LogP contribution is -2.21. The van der Waals surface area contributed by atoms with Crippen LogP contribution in [-0.4, -0.2) is 18.6 Å². The second-order valence-corrected chi connectivity index (χ2v) is 4.36. The van der Waals surface area contributed by atoms with E-state index in [1.807, 2.05) is 13.8 Å². The number of hydrogen-bond donors (Lipinski definition) is 1. The van der Waals surface area contributed by atoms with E-state index in [4.69, 9.17) is 4.74 Å². The second kappa shape index (κ2) is 5.96. The minimum atomic E-state index is -0.479. The van der Waals surface area contributed by atoms with Crippen LogP contribution in [0.5, 0.6) is 0 Å². The molecule has 1 aromatic carbocycles. The molecule has 0 unspecified atom stereocenters. The van der Waals surface area contributed by atoms with Gasteiger partial charge in [0.05, 0.1) is 11.8 Å². The molecule has 0 aliphatic rings. The third kappa shape index (κ3) is 3.90. The molecule has 1 N–H and O–H groups in total. The van der Waals surface area contributed by atoms with Crippen molar-refractivity contribution < 1.29 is 13.9 Å². The van der Waals surface area contributed by atoms with E-state index in [0.717, 1.165) is 0 Å². The molecule has 88 valence electrons. The van der Waals surface area contributed by atoms with Crippen LogP contribution in [0.15, 0.2) is 22.7 Å². The van der Waals surface area contributed by atoms with Crippen molar-refractivity contribution in [2.45, 2.75) is 20.0 Å². The minimum absolute atomic E-state index is 0.0326. The van der Waals surface area contributed by atoms with Gasteiger partial charge in [-0.1, -0.05) is 6.07 Å². The second-order valence-electron chi connectivity index (χ2n) is 3.50. The Morgan fingerprint density at radius 2 is 2.25 bits per heavy atom. The maximum Gasteiger partial charge on any atom is 0.250 e. The van der Waals surface area contributed by atoms with E-state index in [2.05, 4.69) is 21.2 Å². The molecule has 0 aromatic heterocycles. The molecule has 0 heterocycles. The summed E-state index contributed by atoms with van der Waals surface area (Å²) in [5, 5.41) is 2.45. The molecule has 1 aromatic rings. The van der Waals surface area contributed by atoms with Crippen molar-refractivity contribution in [3.63, 3.8) is 0 Å². The lowest BCUT2D eigenvalue weighted by molar-refractivity contribution is -0.121. The molecule has 16 heavy (non-hydrogen) atoms. The number of carbonyl (C=O) groups excluding carboxylic acids is 1. The van der Waals surface area contributed by atoms with Gasteiger partial charge in [-0.2, -0.15) is 0 Å². The first-order valence-corrected chi connectivity index (χ1v) is 5.65. The van der Waals surface area contributed by atoms with Gasteiger partial charge in [-0.25, -0.2) is 4.39 Å². The molecule has 0 atom stereocenters. The highest BCUT2D eigenvalue weighted by atomic mass is 79.9. The van der Waals surface area contributed by atoms with Gasteiger partial charge in [0.25, 0.3) is 0 Å². The summed E-state index contributed by atoms with van der Waals surface area (Å²) >= 11 is 3.16. The van der Waals surface area contributed by atoms with Gasteiger partial charge in [0.2, 0.25) is 5.91 Å². The number of ether oxygens (including phenoxy) is 1. The van der Waals surface area contributed by atoms with Crippen LogP contribution in [0.2, 0.25) is 0 Å². The van der Waals surface area contributed by atoms with E-state index in [-0.39, 0.29) is 24.3 Å². The first-order chi connectivity index (χ1) is 7.50. The smallest absolute Gasteiger partial charge is 0.250 e. The molecule has 1 amide bonds. The fourth-order valence-electron chi connectivity index (χ4n) is 1.04. The Balaban J connectivity index is 2.63. The lowest BCUT2D eigenvalue weighted by atomic mass is 10.3. The number of anilines is 1. The predicted octanol–water partition coefficient (Wildman–Crippen LogP) is 2.95. The summed E-state index contributed by atoms with van der Waals surface area (Å²) in [5.74, 6) is -0.855.